The molecule has 1 nitrogen and oxygen atoms in total. The molecule has 2 heteroatoms. The van der Waals surface area contributed by atoms with Crippen LogP contribution in [0.3, 0.4) is 0 Å². The first-order chi connectivity index (χ1) is 10.9. The van der Waals surface area contributed by atoms with E-state index in [0.29, 0.717) is 0 Å². The third-order valence-corrected chi connectivity index (χ3v) is 5.33. The summed E-state index contributed by atoms with van der Waals surface area (Å²) in [6, 6.07) is 0.249. The molecule has 2 saturated carbocycles. The minimum Gasteiger partial charge on any atom is -0.675 e. The van der Waals surface area contributed by atoms with Gasteiger partial charge in [0.15, 0.2) is 0 Å². The van der Waals surface area contributed by atoms with Crippen molar-refractivity contribution in [2.45, 2.75) is 95.9 Å². The van der Waals surface area contributed by atoms with Gasteiger partial charge < -0.3 is 27.0 Å². The second kappa shape index (κ2) is 17.6. The van der Waals surface area contributed by atoms with Crippen LogP contribution in [0.25, 0.3) is 5.73 Å². The Morgan fingerprint density at radius 2 is 1.36 bits per heavy atom. The quantitative estimate of drug-likeness (QED) is 0.300. The van der Waals surface area contributed by atoms with E-state index >= 15 is 0 Å². The molecule has 0 bridgehead atoms. The van der Waals surface area contributed by atoms with Gasteiger partial charge in [0.05, 0.1) is 0 Å². The van der Waals surface area contributed by atoms with Crippen LogP contribution >= 0.6 is 0 Å². The molecule has 3 rings (SSSR count). The zero-order valence-electron chi connectivity index (χ0n) is 16.9. The smallest absolute Gasteiger partial charge is 0.675 e. The number of nitrogens with one attached hydrogen (secondary N) is 1. The van der Waals surface area contributed by atoms with Crippen molar-refractivity contribution in [3.63, 3.8) is 0 Å². The fourth-order valence-electron chi connectivity index (χ4n) is 3.82. The maximum atomic E-state index is 7.80. The number of hydrogen-bond acceptors (Lipinski definition) is 0. The molecule has 3 aliphatic carbocycles. The molecule has 0 spiro atoms. The molecule has 0 heterocycles. The van der Waals surface area contributed by atoms with Crippen molar-refractivity contribution in [2.24, 2.45) is 5.92 Å². The predicted molar refractivity (Wildman–Crippen MR) is 111 cm³/mol. The van der Waals surface area contributed by atoms with Crippen molar-refractivity contribution in [3.05, 3.63) is 50.8 Å². The standard InChI is InChI=1S/C12H24N.C9H11.2CH3.Ti/c13-12-10-8-6-4-2-1-3-5-7-9-11-12;1-2-5-9-7-3-6-8(9)4-1;;;/h12-13H,1-11H2;1-4,9H,5-7H2;2*1H3;/q4*-1;+4. The molecular formula is C23H41NTi. The molecular weight excluding hydrogens is 338 g/mol. The van der Waals surface area contributed by atoms with Crippen molar-refractivity contribution in [1.29, 1.82) is 0 Å². The minimum absolute atomic E-state index is 0. The SMILES string of the molecule is C1=CCC2C[CH-]CC2=C1.[CH3-].[CH3-].[NH-]C1CCCCCCCCCCC1.[Ti+4]. The predicted octanol–water partition coefficient (Wildman–Crippen LogP) is 8.10. The number of rotatable bonds is 0. The van der Waals surface area contributed by atoms with E-state index in [-0.39, 0.29) is 42.6 Å². The summed E-state index contributed by atoms with van der Waals surface area (Å²) in [4.78, 5) is 0. The van der Waals surface area contributed by atoms with E-state index in [1.165, 1.54) is 77.0 Å². The van der Waals surface area contributed by atoms with Crippen LogP contribution in [-0.4, -0.2) is 6.04 Å². The molecule has 1 N–H and O–H groups in total. The molecule has 2 fully saturated rings. The summed E-state index contributed by atoms with van der Waals surface area (Å²) in [6.07, 6.45) is 27.7. The summed E-state index contributed by atoms with van der Waals surface area (Å²) >= 11 is 0. The first-order valence-corrected chi connectivity index (χ1v) is 9.74. The van der Waals surface area contributed by atoms with Gasteiger partial charge in [0, 0.05) is 0 Å². The van der Waals surface area contributed by atoms with Gasteiger partial charge in [0.25, 0.3) is 0 Å². The number of allylic oxidation sites excluding steroid dienone is 4. The van der Waals surface area contributed by atoms with Crippen molar-refractivity contribution in [2.75, 3.05) is 0 Å². The summed E-state index contributed by atoms with van der Waals surface area (Å²) in [7, 11) is 0. The summed E-state index contributed by atoms with van der Waals surface area (Å²) in [6.45, 7) is 0. The molecule has 142 valence electrons. The number of fused-ring (bicyclic) bond motifs is 1. The normalized spacial score (nSPS) is 24.4. The molecule has 1 unspecified atom stereocenters. The molecule has 0 aromatic heterocycles. The van der Waals surface area contributed by atoms with E-state index in [4.69, 9.17) is 5.73 Å². The molecule has 0 aromatic carbocycles. The van der Waals surface area contributed by atoms with Crippen LogP contribution in [0.5, 0.6) is 0 Å². The van der Waals surface area contributed by atoms with Crippen LogP contribution in [-0.2, 0) is 21.7 Å². The Hall–Kier alpha value is 0.154. The van der Waals surface area contributed by atoms with Crippen molar-refractivity contribution in [1.82, 2.24) is 0 Å². The van der Waals surface area contributed by atoms with E-state index in [0.717, 1.165) is 18.8 Å². The molecule has 3 aliphatic rings. The first kappa shape index (κ1) is 27.4. The van der Waals surface area contributed by atoms with Crippen LogP contribution in [0.1, 0.15) is 89.9 Å². The molecule has 25 heavy (non-hydrogen) atoms. The van der Waals surface area contributed by atoms with E-state index in [9.17, 15) is 0 Å². The average Bonchev–Trinajstić information content (AvgIpc) is 3.00. The second-order valence-corrected chi connectivity index (χ2v) is 7.29. The van der Waals surface area contributed by atoms with Gasteiger partial charge in [-0.3, -0.25) is 0 Å². The maximum absolute atomic E-state index is 7.80. The van der Waals surface area contributed by atoms with Crippen LogP contribution in [0, 0.1) is 27.2 Å². The zero-order valence-corrected chi connectivity index (χ0v) is 18.4. The van der Waals surface area contributed by atoms with E-state index in [2.05, 4.69) is 24.6 Å². The summed E-state index contributed by atoms with van der Waals surface area (Å²) in [5.74, 6) is 0.884. The topological polar surface area (TPSA) is 23.8 Å². The van der Waals surface area contributed by atoms with Crippen LogP contribution in [0.2, 0.25) is 0 Å². The van der Waals surface area contributed by atoms with E-state index in [1.54, 1.807) is 5.57 Å². The molecule has 0 aromatic rings. The summed E-state index contributed by atoms with van der Waals surface area (Å²) < 4.78 is 0. The van der Waals surface area contributed by atoms with Gasteiger partial charge >= 0.3 is 21.7 Å². The van der Waals surface area contributed by atoms with Crippen LogP contribution in [0.4, 0.5) is 0 Å². The summed E-state index contributed by atoms with van der Waals surface area (Å²) in [5, 5.41) is 0. The molecule has 0 saturated heterocycles. The third-order valence-electron chi connectivity index (χ3n) is 5.33. The molecule has 1 atom stereocenters. The van der Waals surface area contributed by atoms with Gasteiger partial charge in [-0.25, -0.2) is 0 Å². The van der Waals surface area contributed by atoms with Crippen molar-refractivity contribution in [3.8, 4) is 0 Å². The minimum atomic E-state index is 0. The third kappa shape index (κ3) is 12.2. The Morgan fingerprint density at radius 3 is 1.88 bits per heavy atom. The summed E-state index contributed by atoms with van der Waals surface area (Å²) in [5.41, 5.74) is 9.45. The van der Waals surface area contributed by atoms with Crippen molar-refractivity contribution >= 4 is 0 Å². The van der Waals surface area contributed by atoms with Gasteiger partial charge in [0.1, 0.15) is 0 Å². The molecule has 0 aliphatic heterocycles. The largest absolute Gasteiger partial charge is 4.00 e. The van der Waals surface area contributed by atoms with Gasteiger partial charge in [-0.05, 0) is 12.3 Å². The Morgan fingerprint density at radius 1 is 0.840 bits per heavy atom. The van der Waals surface area contributed by atoms with Crippen LogP contribution < -0.4 is 0 Å². The number of hydrogen-bond donors (Lipinski definition) is 0. The van der Waals surface area contributed by atoms with Gasteiger partial charge in [-0.1, -0.05) is 94.4 Å². The Labute approximate surface area is 174 Å². The average molecular weight is 379 g/mol. The Balaban J connectivity index is 0. The zero-order chi connectivity index (χ0) is 15.5. The fourth-order valence-corrected chi connectivity index (χ4v) is 3.82. The molecule has 0 radical (unpaired) electrons. The fraction of sp³-hybridized carbons (Fsp3) is 0.696. The van der Waals surface area contributed by atoms with Crippen LogP contribution in [0.15, 0.2) is 23.8 Å². The molecule has 0 amide bonds. The van der Waals surface area contributed by atoms with Gasteiger partial charge in [-0.2, -0.15) is 12.8 Å². The van der Waals surface area contributed by atoms with E-state index < -0.39 is 0 Å². The first-order valence-electron chi connectivity index (χ1n) is 9.74. The second-order valence-electron chi connectivity index (χ2n) is 7.29. The monoisotopic (exact) mass is 379 g/mol. The van der Waals surface area contributed by atoms with Gasteiger partial charge in [-0.15, -0.1) is 6.04 Å². The maximum Gasteiger partial charge on any atom is 4.00 e. The van der Waals surface area contributed by atoms with Crippen molar-refractivity contribution < 1.29 is 21.7 Å². The van der Waals surface area contributed by atoms with Gasteiger partial charge in [0.2, 0.25) is 0 Å². The van der Waals surface area contributed by atoms with E-state index in [1.807, 2.05) is 0 Å². The Kier molecular flexibility index (Phi) is 19.2. The Bertz CT molecular complexity index is 336.